The van der Waals surface area contributed by atoms with Gasteiger partial charge >= 0.3 is 0 Å². The van der Waals surface area contributed by atoms with E-state index in [4.69, 9.17) is 13.9 Å². The summed E-state index contributed by atoms with van der Waals surface area (Å²) >= 11 is 0. The third kappa shape index (κ3) is 6.66. The molecule has 0 unspecified atom stereocenters. The van der Waals surface area contributed by atoms with E-state index in [-0.39, 0.29) is 23.9 Å². The standard InChI is InChI=1S/C31H36N2O6S/c1-31(2,3)33(40(35,36)27-14-13-24-9-6-7-10-25(24)20-27)22-30(34)32(21-26-11-8-18-39-26)17-16-23-12-15-28(37-4)29(19-23)38-5/h6-15,18-20H,16-17,21-22H2,1-5H3. The normalized spacial score (nSPS) is 12.1. The number of fused-ring (bicyclic) bond motifs is 1. The second-order valence-corrected chi connectivity index (χ2v) is 12.4. The maximum absolute atomic E-state index is 13.9. The van der Waals surface area contributed by atoms with Gasteiger partial charge < -0.3 is 18.8 Å². The molecular weight excluding hydrogens is 528 g/mol. The number of rotatable bonds is 11. The third-order valence-corrected chi connectivity index (χ3v) is 8.84. The van der Waals surface area contributed by atoms with Crippen molar-refractivity contribution in [1.82, 2.24) is 9.21 Å². The van der Waals surface area contributed by atoms with Crippen LogP contribution in [0.5, 0.6) is 11.5 Å². The lowest BCUT2D eigenvalue weighted by atomic mass is 10.1. The van der Waals surface area contributed by atoms with Crippen molar-refractivity contribution in [2.24, 2.45) is 0 Å². The topological polar surface area (TPSA) is 89.3 Å². The largest absolute Gasteiger partial charge is 0.493 e. The molecule has 0 aliphatic rings. The molecule has 40 heavy (non-hydrogen) atoms. The fraction of sp³-hybridized carbons (Fsp3) is 0.323. The molecule has 1 aromatic heterocycles. The van der Waals surface area contributed by atoms with Gasteiger partial charge in [-0.1, -0.05) is 36.4 Å². The minimum Gasteiger partial charge on any atom is -0.493 e. The van der Waals surface area contributed by atoms with Crippen LogP contribution in [0.1, 0.15) is 32.1 Å². The van der Waals surface area contributed by atoms with Crippen LogP contribution in [0, 0.1) is 0 Å². The Morgan fingerprint density at radius 3 is 2.25 bits per heavy atom. The smallest absolute Gasteiger partial charge is 0.244 e. The molecule has 0 radical (unpaired) electrons. The number of carbonyl (C=O) groups excluding carboxylic acids is 1. The lowest BCUT2D eigenvalue weighted by Crippen LogP contribution is -2.51. The Balaban J connectivity index is 1.60. The summed E-state index contributed by atoms with van der Waals surface area (Å²) in [5.74, 6) is 1.51. The Bertz CT molecular complexity index is 1560. The third-order valence-electron chi connectivity index (χ3n) is 6.73. The molecule has 0 fully saturated rings. The quantitative estimate of drug-likeness (QED) is 0.239. The highest BCUT2D eigenvalue weighted by Crippen LogP contribution is 2.29. The molecule has 1 heterocycles. The summed E-state index contributed by atoms with van der Waals surface area (Å²) in [4.78, 5) is 15.6. The summed E-state index contributed by atoms with van der Waals surface area (Å²) in [5.41, 5.74) is 0.103. The van der Waals surface area contributed by atoms with E-state index in [2.05, 4.69) is 0 Å². The van der Waals surface area contributed by atoms with Gasteiger partial charge in [0.25, 0.3) is 0 Å². The molecular formula is C31H36N2O6S. The van der Waals surface area contributed by atoms with Gasteiger partial charge in [0.1, 0.15) is 5.76 Å². The van der Waals surface area contributed by atoms with E-state index >= 15 is 0 Å². The summed E-state index contributed by atoms with van der Waals surface area (Å²) in [6.45, 7) is 5.62. The molecule has 212 valence electrons. The fourth-order valence-electron chi connectivity index (χ4n) is 4.54. The maximum Gasteiger partial charge on any atom is 0.244 e. The van der Waals surface area contributed by atoms with Crippen LogP contribution in [0.2, 0.25) is 0 Å². The molecule has 1 amide bonds. The van der Waals surface area contributed by atoms with Crippen molar-refractivity contribution < 1.29 is 27.1 Å². The minimum atomic E-state index is -3.99. The number of carbonyl (C=O) groups is 1. The number of hydrogen-bond donors (Lipinski definition) is 0. The summed E-state index contributed by atoms with van der Waals surface area (Å²) < 4.78 is 45.4. The molecule has 0 atom stereocenters. The van der Waals surface area contributed by atoms with Crippen molar-refractivity contribution in [1.29, 1.82) is 0 Å². The van der Waals surface area contributed by atoms with E-state index in [1.165, 1.54) is 4.31 Å². The van der Waals surface area contributed by atoms with Gasteiger partial charge in [-0.3, -0.25) is 4.79 Å². The molecule has 8 nitrogen and oxygen atoms in total. The van der Waals surface area contributed by atoms with Crippen molar-refractivity contribution in [3.63, 3.8) is 0 Å². The first kappa shape index (κ1) is 29.2. The van der Waals surface area contributed by atoms with E-state index in [9.17, 15) is 13.2 Å². The molecule has 4 rings (SSSR count). The van der Waals surface area contributed by atoms with Gasteiger partial charge in [0.05, 0.1) is 38.5 Å². The maximum atomic E-state index is 13.9. The zero-order chi connectivity index (χ0) is 28.9. The Kier molecular flexibility index (Phi) is 8.85. The molecule has 0 bridgehead atoms. The lowest BCUT2D eigenvalue weighted by molar-refractivity contribution is -0.133. The van der Waals surface area contributed by atoms with Crippen LogP contribution in [0.4, 0.5) is 0 Å². The number of amides is 1. The Hall–Kier alpha value is -3.82. The number of benzene rings is 3. The van der Waals surface area contributed by atoms with E-state index in [1.807, 2.05) is 42.5 Å². The number of methoxy groups -OCH3 is 2. The summed E-state index contributed by atoms with van der Waals surface area (Å²) in [7, 11) is -0.840. The van der Waals surface area contributed by atoms with Crippen LogP contribution in [0.3, 0.4) is 0 Å². The van der Waals surface area contributed by atoms with Crippen LogP contribution in [0.25, 0.3) is 10.8 Å². The zero-order valence-electron chi connectivity index (χ0n) is 23.6. The number of hydrogen-bond acceptors (Lipinski definition) is 6. The molecule has 4 aromatic rings. The molecule has 0 aliphatic carbocycles. The second kappa shape index (κ2) is 12.1. The van der Waals surface area contributed by atoms with Gasteiger partial charge in [-0.25, -0.2) is 8.42 Å². The van der Waals surface area contributed by atoms with Crippen molar-refractivity contribution in [3.8, 4) is 11.5 Å². The van der Waals surface area contributed by atoms with E-state index in [0.717, 1.165) is 16.3 Å². The fourth-order valence-corrected chi connectivity index (χ4v) is 6.32. The highest BCUT2D eigenvalue weighted by molar-refractivity contribution is 7.89. The van der Waals surface area contributed by atoms with E-state index in [0.29, 0.717) is 30.2 Å². The van der Waals surface area contributed by atoms with Crippen molar-refractivity contribution in [3.05, 3.63) is 90.4 Å². The van der Waals surface area contributed by atoms with Crippen molar-refractivity contribution in [2.75, 3.05) is 27.3 Å². The molecule has 9 heteroatoms. The second-order valence-electron chi connectivity index (χ2n) is 10.5. The first-order valence-corrected chi connectivity index (χ1v) is 14.5. The average molecular weight is 565 g/mol. The predicted molar refractivity (Wildman–Crippen MR) is 155 cm³/mol. The van der Waals surface area contributed by atoms with Gasteiger partial charge in [-0.2, -0.15) is 4.31 Å². The summed E-state index contributed by atoms with van der Waals surface area (Å²) in [5, 5.41) is 1.76. The van der Waals surface area contributed by atoms with Crippen LogP contribution in [-0.4, -0.2) is 56.4 Å². The lowest BCUT2D eigenvalue weighted by Gasteiger charge is -2.35. The molecule has 0 spiro atoms. The molecule has 0 saturated carbocycles. The molecule has 0 aliphatic heterocycles. The number of nitrogens with zero attached hydrogens (tertiary/aromatic N) is 2. The van der Waals surface area contributed by atoms with Crippen molar-refractivity contribution in [2.45, 2.75) is 44.2 Å². The first-order chi connectivity index (χ1) is 19.0. The number of furan rings is 1. The molecule has 3 aromatic carbocycles. The monoisotopic (exact) mass is 564 g/mol. The van der Waals surface area contributed by atoms with Crippen LogP contribution < -0.4 is 9.47 Å². The van der Waals surface area contributed by atoms with Crippen molar-refractivity contribution >= 4 is 26.7 Å². The van der Waals surface area contributed by atoms with Crippen LogP contribution >= 0.6 is 0 Å². The van der Waals surface area contributed by atoms with E-state index < -0.39 is 15.6 Å². The molecule has 0 saturated heterocycles. The zero-order valence-corrected chi connectivity index (χ0v) is 24.4. The number of ether oxygens (including phenoxy) is 2. The SMILES string of the molecule is COc1ccc(CCN(Cc2ccco2)C(=O)CN(C(C)(C)C)S(=O)(=O)c2ccc3ccccc3c2)cc1OC. The van der Waals surface area contributed by atoms with Gasteiger partial charge in [0.2, 0.25) is 15.9 Å². The van der Waals surface area contributed by atoms with Crippen LogP contribution in [-0.2, 0) is 27.8 Å². The van der Waals surface area contributed by atoms with Crippen LogP contribution in [0.15, 0.2) is 88.4 Å². The van der Waals surface area contributed by atoms with E-state index in [1.54, 1.807) is 76.5 Å². The Morgan fingerprint density at radius 1 is 0.875 bits per heavy atom. The Labute approximate surface area is 236 Å². The summed E-state index contributed by atoms with van der Waals surface area (Å²) in [6, 6.07) is 21.8. The van der Waals surface area contributed by atoms with Gasteiger partial charge in [0, 0.05) is 12.1 Å². The highest BCUT2D eigenvalue weighted by Gasteiger charge is 2.37. The summed E-state index contributed by atoms with van der Waals surface area (Å²) in [6.07, 6.45) is 2.08. The number of sulfonamides is 1. The van der Waals surface area contributed by atoms with Gasteiger partial charge in [0.15, 0.2) is 11.5 Å². The highest BCUT2D eigenvalue weighted by atomic mass is 32.2. The minimum absolute atomic E-state index is 0.150. The first-order valence-electron chi connectivity index (χ1n) is 13.1. The Morgan fingerprint density at radius 2 is 1.60 bits per heavy atom. The predicted octanol–water partition coefficient (Wildman–Crippen LogP) is 5.51. The molecule has 0 N–H and O–H groups in total. The van der Waals surface area contributed by atoms with Gasteiger partial charge in [-0.15, -0.1) is 0 Å². The average Bonchev–Trinajstić information content (AvgIpc) is 3.45. The van der Waals surface area contributed by atoms with Gasteiger partial charge in [-0.05, 0) is 79.9 Å².